The highest BCUT2D eigenvalue weighted by Gasteiger charge is 2.28. The molecule has 0 saturated heterocycles. The molecule has 0 bridgehead atoms. The number of methoxy groups -OCH3 is 1. The third-order valence-electron chi connectivity index (χ3n) is 2.89. The Balaban J connectivity index is 2.06. The summed E-state index contributed by atoms with van der Waals surface area (Å²) in [5, 5.41) is 5.83. The van der Waals surface area contributed by atoms with Crippen molar-refractivity contribution in [1.29, 1.82) is 0 Å². The van der Waals surface area contributed by atoms with Gasteiger partial charge in [0.25, 0.3) is 0 Å². The molecule has 0 unspecified atom stereocenters. The van der Waals surface area contributed by atoms with E-state index in [2.05, 4.69) is 5.16 Å². The minimum absolute atomic E-state index is 0.442. The van der Waals surface area contributed by atoms with Crippen LogP contribution in [0.25, 0.3) is 6.08 Å². The number of carbonyl (C=O) groups is 1. The summed E-state index contributed by atoms with van der Waals surface area (Å²) in [6, 6.07) is 11.3. The number of rotatable bonds is 3. The number of thiophene rings is 1. The van der Waals surface area contributed by atoms with Crippen LogP contribution in [0.4, 0.5) is 0 Å². The largest absolute Gasteiger partial charge is 0.496 e. The summed E-state index contributed by atoms with van der Waals surface area (Å²) >= 11 is 1.55. The first-order valence-electron chi connectivity index (χ1n) is 5.98. The third-order valence-corrected chi connectivity index (χ3v) is 3.71. The number of hydrogen-bond acceptors (Lipinski definition) is 5. The van der Waals surface area contributed by atoms with Crippen molar-refractivity contribution in [3.05, 3.63) is 57.8 Å². The number of benzene rings is 1. The molecule has 0 aliphatic carbocycles. The van der Waals surface area contributed by atoms with Gasteiger partial charge in [0.2, 0.25) is 0 Å². The second-order valence-electron chi connectivity index (χ2n) is 4.09. The van der Waals surface area contributed by atoms with E-state index in [0.717, 1.165) is 10.4 Å². The second-order valence-corrected chi connectivity index (χ2v) is 5.07. The average Bonchev–Trinajstić information content (AvgIpc) is 3.11. The summed E-state index contributed by atoms with van der Waals surface area (Å²) in [5.41, 5.74) is 1.68. The van der Waals surface area contributed by atoms with Crippen LogP contribution in [-0.4, -0.2) is 18.8 Å². The van der Waals surface area contributed by atoms with E-state index in [1.54, 1.807) is 24.5 Å². The van der Waals surface area contributed by atoms with Gasteiger partial charge in [0, 0.05) is 10.4 Å². The fraction of sp³-hybridized carbons (Fsp3) is 0.0667. The van der Waals surface area contributed by atoms with Gasteiger partial charge in [0.1, 0.15) is 11.5 Å². The Labute approximate surface area is 119 Å². The van der Waals surface area contributed by atoms with Crippen molar-refractivity contribution in [1.82, 2.24) is 0 Å². The van der Waals surface area contributed by atoms with Gasteiger partial charge in [-0.3, -0.25) is 0 Å². The molecule has 3 rings (SSSR count). The zero-order valence-electron chi connectivity index (χ0n) is 10.7. The normalized spacial score (nSPS) is 16.1. The molecule has 0 radical (unpaired) electrons. The number of nitrogens with zero attached hydrogens (tertiary/aromatic N) is 1. The van der Waals surface area contributed by atoms with Gasteiger partial charge in [-0.25, -0.2) is 4.79 Å². The van der Waals surface area contributed by atoms with Gasteiger partial charge in [-0.2, -0.15) is 0 Å². The molecule has 5 heteroatoms. The molecule has 2 aromatic rings. The number of oxime groups is 1. The monoisotopic (exact) mass is 285 g/mol. The van der Waals surface area contributed by atoms with Gasteiger partial charge in [0.15, 0.2) is 0 Å². The molecule has 0 saturated carbocycles. The minimum atomic E-state index is -0.445. The number of para-hydroxylation sites is 1. The molecule has 0 fully saturated rings. The zero-order valence-corrected chi connectivity index (χ0v) is 11.5. The zero-order chi connectivity index (χ0) is 13.9. The average molecular weight is 285 g/mol. The van der Waals surface area contributed by atoms with Crippen LogP contribution in [0.3, 0.4) is 0 Å². The number of hydrogen-bond donors (Lipinski definition) is 0. The molecule has 0 N–H and O–H groups in total. The van der Waals surface area contributed by atoms with Crippen molar-refractivity contribution in [2.75, 3.05) is 7.11 Å². The van der Waals surface area contributed by atoms with E-state index in [1.165, 1.54) is 0 Å². The lowest BCUT2D eigenvalue weighted by atomic mass is 10.0. The summed E-state index contributed by atoms with van der Waals surface area (Å²) in [7, 11) is 1.58. The fourth-order valence-electron chi connectivity index (χ4n) is 1.96. The topological polar surface area (TPSA) is 47.9 Å². The summed E-state index contributed by atoms with van der Waals surface area (Å²) in [5.74, 6) is 0.209. The third kappa shape index (κ3) is 2.23. The molecular weight excluding hydrogens is 274 g/mol. The lowest BCUT2D eigenvalue weighted by Crippen LogP contribution is -2.08. The molecule has 4 nitrogen and oxygen atoms in total. The van der Waals surface area contributed by atoms with Crippen molar-refractivity contribution < 1.29 is 14.4 Å². The van der Waals surface area contributed by atoms with Crippen LogP contribution in [0.1, 0.15) is 10.4 Å². The molecule has 1 aliphatic heterocycles. The molecule has 1 aliphatic rings. The Morgan fingerprint density at radius 2 is 2.10 bits per heavy atom. The van der Waals surface area contributed by atoms with E-state index < -0.39 is 5.97 Å². The lowest BCUT2D eigenvalue weighted by molar-refractivity contribution is -0.136. The Hall–Kier alpha value is -2.40. The molecule has 1 aromatic heterocycles. The highest BCUT2D eigenvalue weighted by molar-refractivity contribution is 7.10. The molecule has 1 aromatic carbocycles. The van der Waals surface area contributed by atoms with E-state index in [0.29, 0.717) is 17.0 Å². The van der Waals surface area contributed by atoms with Crippen molar-refractivity contribution in [3.8, 4) is 5.75 Å². The lowest BCUT2D eigenvalue weighted by Gasteiger charge is -2.06. The first-order chi connectivity index (χ1) is 9.79. The highest BCUT2D eigenvalue weighted by atomic mass is 32.1. The van der Waals surface area contributed by atoms with Crippen LogP contribution in [0.2, 0.25) is 0 Å². The smallest absolute Gasteiger partial charge is 0.368 e. The van der Waals surface area contributed by atoms with Crippen LogP contribution >= 0.6 is 11.3 Å². The van der Waals surface area contributed by atoms with Crippen LogP contribution in [0, 0.1) is 0 Å². The first kappa shape index (κ1) is 12.6. The van der Waals surface area contributed by atoms with Gasteiger partial charge >= 0.3 is 5.97 Å². The van der Waals surface area contributed by atoms with E-state index in [1.807, 2.05) is 41.8 Å². The number of ether oxygens (including phenoxy) is 1. The summed E-state index contributed by atoms with van der Waals surface area (Å²) in [4.78, 5) is 17.6. The van der Waals surface area contributed by atoms with Crippen LogP contribution in [0.15, 0.2) is 52.5 Å². The van der Waals surface area contributed by atoms with Crippen molar-refractivity contribution in [2.45, 2.75) is 0 Å². The molecule has 0 spiro atoms. The summed E-state index contributed by atoms with van der Waals surface area (Å²) in [6.45, 7) is 0. The number of carbonyl (C=O) groups excluding carboxylic acids is 1. The SMILES string of the molecule is COc1ccccc1C1=NOC(=O)/C1=C\c1cccs1. The first-order valence-corrected chi connectivity index (χ1v) is 6.86. The molecule has 100 valence electrons. The summed E-state index contributed by atoms with van der Waals surface area (Å²) in [6.07, 6.45) is 1.78. The van der Waals surface area contributed by atoms with Crippen LogP contribution < -0.4 is 4.74 Å². The maximum Gasteiger partial charge on any atom is 0.368 e. The van der Waals surface area contributed by atoms with Gasteiger partial charge < -0.3 is 9.57 Å². The Morgan fingerprint density at radius 1 is 1.25 bits per heavy atom. The van der Waals surface area contributed by atoms with Crippen molar-refractivity contribution in [3.63, 3.8) is 0 Å². The summed E-state index contributed by atoms with van der Waals surface area (Å²) < 4.78 is 5.30. The Kier molecular flexibility index (Phi) is 3.35. The Morgan fingerprint density at radius 3 is 2.85 bits per heavy atom. The van der Waals surface area contributed by atoms with Gasteiger partial charge in [-0.15, -0.1) is 11.3 Å². The molecule has 2 heterocycles. The molecule has 0 atom stereocenters. The minimum Gasteiger partial charge on any atom is -0.496 e. The van der Waals surface area contributed by atoms with E-state index in [9.17, 15) is 4.79 Å². The standard InChI is InChI=1S/C15H11NO3S/c1-18-13-7-3-2-6-11(13)14-12(15(17)19-16-14)9-10-5-4-8-20-10/h2-9H,1H3/b12-9-. The quantitative estimate of drug-likeness (QED) is 0.643. The maximum absolute atomic E-state index is 11.8. The van der Waals surface area contributed by atoms with Crippen LogP contribution in [0.5, 0.6) is 5.75 Å². The highest BCUT2D eigenvalue weighted by Crippen LogP contribution is 2.27. The van der Waals surface area contributed by atoms with E-state index in [4.69, 9.17) is 9.57 Å². The van der Waals surface area contributed by atoms with Gasteiger partial charge in [-0.05, 0) is 29.7 Å². The van der Waals surface area contributed by atoms with Gasteiger partial charge in [0.05, 0.1) is 12.7 Å². The fourth-order valence-corrected chi connectivity index (χ4v) is 2.62. The van der Waals surface area contributed by atoms with Gasteiger partial charge in [-0.1, -0.05) is 23.4 Å². The predicted octanol–water partition coefficient (Wildman–Crippen LogP) is 3.10. The molecule has 20 heavy (non-hydrogen) atoms. The second kappa shape index (κ2) is 5.30. The maximum atomic E-state index is 11.8. The molecule has 0 amide bonds. The van der Waals surface area contributed by atoms with E-state index in [-0.39, 0.29) is 0 Å². The molecular formula is C15H11NO3S. The Bertz CT molecular complexity index is 702. The van der Waals surface area contributed by atoms with Crippen molar-refractivity contribution in [2.24, 2.45) is 5.16 Å². The predicted molar refractivity (Wildman–Crippen MR) is 77.9 cm³/mol. The van der Waals surface area contributed by atoms with E-state index >= 15 is 0 Å². The van der Waals surface area contributed by atoms with Crippen LogP contribution in [-0.2, 0) is 9.63 Å². The van der Waals surface area contributed by atoms with Crippen molar-refractivity contribution >= 4 is 29.1 Å².